The molecule has 1 unspecified atom stereocenters. The molecule has 1 atom stereocenters. The lowest BCUT2D eigenvalue weighted by Gasteiger charge is -2.17. The topological polar surface area (TPSA) is 72.3 Å². The first-order chi connectivity index (χ1) is 6.54. The molecule has 0 fully saturated rings. The third-order valence-corrected chi connectivity index (χ3v) is 2.58. The van der Waals surface area contributed by atoms with Crippen molar-refractivity contribution in [3.8, 4) is 0 Å². The van der Waals surface area contributed by atoms with Crippen LogP contribution in [0.3, 0.4) is 0 Å². The average molecular weight is 258 g/mol. The summed E-state index contributed by atoms with van der Waals surface area (Å²) in [5.41, 5.74) is 6.47. The number of carbonyl (C=O) groups is 1. The first kappa shape index (κ1) is 11.2. The van der Waals surface area contributed by atoms with E-state index in [4.69, 9.17) is 11.6 Å². The van der Waals surface area contributed by atoms with Crippen LogP contribution >= 0.6 is 15.9 Å². The molecule has 5 heteroatoms. The van der Waals surface area contributed by atoms with E-state index in [-0.39, 0.29) is 5.91 Å². The van der Waals surface area contributed by atoms with Gasteiger partial charge in [-0.05, 0) is 11.6 Å². The number of hydrogen-bond acceptors (Lipinski definition) is 3. The van der Waals surface area contributed by atoms with Gasteiger partial charge in [0.15, 0.2) is 0 Å². The van der Waals surface area contributed by atoms with Crippen molar-refractivity contribution in [1.82, 2.24) is 5.01 Å². The third kappa shape index (κ3) is 2.31. The van der Waals surface area contributed by atoms with Crippen molar-refractivity contribution in [2.45, 2.75) is 6.04 Å². The van der Waals surface area contributed by atoms with E-state index in [1.807, 2.05) is 18.2 Å². The van der Waals surface area contributed by atoms with Gasteiger partial charge in [-0.25, -0.2) is 5.84 Å². The van der Waals surface area contributed by atoms with Gasteiger partial charge in [0.25, 0.3) is 5.91 Å². The van der Waals surface area contributed by atoms with Crippen LogP contribution in [0.1, 0.15) is 11.6 Å². The van der Waals surface area contributed by atoms with E-state index >= 15 is 0 Å². The van der Waals surface area contributed by atoms with Gasteiger partial charge in [-0.2, -0.15) is 0 Å². The maximum absolute atomic E-state index is 11.5. The summed E-state index contributed by atoms with van der Waals surface area (Å²) < 4.78 is 0.808. The summed E-state index contributed by atoms with van der Waals surface area (Å²) in [6.45, 7) is 0. The molecule has 1 rings (SSSR count). The van der Waals surface area contributed by atoms with Gasteiger partial charge in [0.05, 0.1) is 0 Å². The van der Waals surface area contributed by atoms with E-state index in [1.54, 1.807) is 6.07 Å². The molecule has 0 saturated heterocycles. The molecule has 0 aliphatic carbocycles. The Balaban J connectivity index is 2.95. The predicted octanol–water partition coefficient (Wildman–Crippen LogP) is 0.781. The number of nitrogens with zero attached hydrogens (tertiary/aromatic N) is 1. The first-order valence-electron chi connectivity index (χ1n) is 4.06. The fourth-order valence-corrected chi connectivity index (χ4v) is 1.61. The first-order valence-corrected chi connectivity index (χ1v) is 4.85. The van der Waals surface area contributed by atoms with Gasteiger partial charge in [-0.15, -0.1) is 0 Å². The number of hydrogen-bond donors (Lipinski definition) is 2. The zero-order chi connectivity index (χ0) is 10.7. The number of nitrogens with two attached hydrogens (primary N) is 2. The second-order valence-electron chi connectivity index (χ2n) is 2.95. The van der Waals surface area contributed by atoms with Crippen LogP contribution in [0.5, 0.6) is 0 Å². The number of amides is 1. The molecule has 0 aliphatic heterocycles. The van der Waals surface area contributed by atoms with Gasteiger partial charge < -0.3 is 5.73 Å². The molecule has 0 saturated carbocycles. The van der Waals surface area contributed by atoms with Crippen molar-refractivity contribution < 1.29 is 4.79 Å². The molecular weight excluding hydrogens is 246 g/mol. The smallest absolute Gasteiger partial charge is 0.257 e. The molecule has 4 N–H and O–H groups in total. The molecule has 0 heterocycles. The molecule has 1 aromatic rings. The predicted molar refractivity (Wildman–Crippen MR) is 58.0 cm³/mol. The standard InChI is InChI=1S/C9H12BrN3O/c1-13(12)9(14)8(11)6-4-2-3-5-7(6)10/h2-5,8H,11-12H2,1H3. The molecule has 1 aromatic carbocycles. The molecule has 0 aromatic heterocycles. The lowest BCUT2D eigenvalue weighted by atomic mass is 10.1. The number of benzene rings is 1. The molecule has 0 radical (unpaired) electrons. The summed E-state index contributed by atoms with van der Waals surface area (Å²) >= 11 is 3.32. The summed E-state index contributed by atoms with van der Waals surface area (Å²) in [6.07, 6.45) is 0. The van der Waals surface area contributed by atoms with Gasteiger partial charge in [0.2, 0.25) is 0 Å². The van der Waals surface area contributed by atoms with E-state index in [2.05, 4.69) is 15.9 Å². The Bertz CT molecular complexity index is 341. The molecule has 76 valence electrons. The molecule has 4 nitrogen and oxygen atoms in total. The van der Waals surface area contributed by atoms with Gasteiger partial charge >= 0.3 is 0 Å². The van der Waals surface area contributed by atoms with Crippen LogP contribution in [0, 0.1) is 0 Å². The van der Waals surface area contributed by atoms with E-state index in [0.29, 0.717) is 0 Å². The molecule has 0 aliphatic rings. The minimum absolute atomic E-state index is 0.322. The summed E-state index contributed by atoms with van der Waals surface area (Å²) in [6, 6.07) is 6.58. The van der Waals surface area contributed by atoms with Crippen LogP contribution in [0.25, 0.3) is 0 Å². The highest BCUT2D eigenvalue weighted by Gasteiger charge is 2.19. The Kier molecular flexibility index (Phi) is 3.62. The van der Waals surface area contributed by atoms with Gasteiger partial charge in [0, 0.05) is 11.5 Å². The van der Waals surface area contributed by atoms with Crippen LogP contribution in [0.15, 0.2) is 28.7 Å². The fourth-order valence-electron chi connectivity index (χ4n) is 1.08. The number of halogens is 1. The zero-order valence-corrected chi connectivity index (χ0v) is 9.36. The molecule has 0 spiro atoms. The van der Waals surface area contributed by atoms with E-state index < -0.39 is 6.04 Å². The van der Waals surface area contributed by atoms with Crippen molar-refractivity contribution >= 4 is 21.8 Å². The number of carbonyl (C=O) groups excluding carboxylic acids is 1. The SMILES string of the molecule is CN(N)C(=O)C(N)c1ccccc1Br. The fraction of sp³-hybridized carbons (Fsp3) is 0.222. The normalized spacial score (nSPS) is 12.3. The van der Waals surface area contributed by atoms with E-state index in [0.717, 1.165) is 15.0 Å². The minimum Gasteiger partial charge on any atom is -0.316 e. The Morgan fingerprint density at radius 3 is 2.57 bits per heavy atom. The number of hydrazine groups is 1. The maximum Gasteiger partial charge on any atom is 0.257 e. The Hall–Kier alpha value is -0.910. The van der Waals surface area contributed by atoms with Gasteiger partial charge in [0.1, 0.15) is 6.04 Å². The quantitative estimate of drug-likeness (QED) is 0.467. The maximum atomic E-state index is 11.5. The lowest BCUT2D eigenvalue weighted by Crippen LogP contribution is -2.40. The van der Waals surface area contributed by atoms with Crippen molar-refractivity contribution in [2.24, 2.45) is 11.6 Å². The van der Waals surface area contributed by atoms with Crippen molar-refractivity contribution in [2.75, 3.05) is 7.05 Å². The molecule has 14 heavy (non-hydrogen) atoms. The third-order valence-electron chi connectivity index (χ3n) is 1.85. The van der Waals surface area contributed by atoms with Gasteiger partial charge in [-0.1, -0.05) is 34.1 Å². The number of likely N-dealkylation sites (N-methyl/N-ethyl adjacent to an activating group) is 1. The lowest BCUT2D eigenvalue weighted by molar-refractivity contribution is -0.131. The van der Waals surface area contributed by atoms with Crippen molar-refractivity contribution in [1.29, 1.82) is 0 Å². The highest BCUT2D eigenvalue weighted by Crippen LogP contribution is 2.22. The van der Waals surface area contributed by atoms with Crippen LogP contribution in [0.4, 0.5) is 0 Å². The van der Waals surface area contributed by atoms with Crippen LogP contribution in [0.2, 0.25) is 0 Å². The summed E-state index contributed by atoms with van der Waals surface area (Å²) in [7, 11) is 1.47. The highest BCUT2D eigenvalue weighted by molar-refractivity contribution is 9.10. The van der Waals surface area contributed by atoms with E-state index in [9.17, 15) is 4.79 Å². The second kappa shape index (κ2) is 4.54. The van der Waals surface area contributed by atoms with Crippen LogP contribution in [-0.2, 0) is 4.79 Å². The summed E-state index contributed by atoms with van der Waals surface area (Å²) in [5.74, 6) is 4.99. The zero-order valence-electron chi connectivity index (χ0n) is 7.77. The summed E-state index contributed by atoms with van der Waals surface area (Å²) in [4.78, 5) is 11.5. The van der Waals surface area contributed by atoms with E-state index in [1.165, 1.54) is 7.05 Å². The van der Waals surface area contributed by atoms with Crippen molar-refractivity contribution in [3.63, 3.8) is 0 Å². The Morgan fingerprint density at radius 2 is 2.07 bits per heavy atom. The highest BCUT2D eigenvalue weighted by atomic mass is 79.9. The Labute approximate surface area is 91.0 Å². The monoisotopic (exact) mass is 257 g/mol. The summed E-state index contributed by atoms with van der Waals surface area (Å²) in [5, 5.41) is 0.990. The molecule has 1 amide bonds. The van der Waals surface area contributed by atoms with Crippen LogP contribution in [-0.4, -0.2) is 18.0 Å². The average Bonchev–Trinajstić information content (AvgIpc) is 2.16. The molecular formula is C9H12BrN3O. The second-order valence-corrected chi connectivity index (χ2v) is 3.80. The van der Waals surface area contributed by atoms with Crippen LogP contribution < -0.4 is 11.6 Å². The largest absolute Gasteiger partial charge is 0.316 e. The Morgan fingerprint density at radius 1 is 1.50 bits per heavy atom. The molecule has 0 bridgehead atoms. The minimum atomic E-state index is -0.722. The number of rotatable bonds is 2. The van der Waals surface area contributed by atoms with Gasteiger partial charge in [-0.3, -0.25) is 9.80 Å². The van der Waals surface area contributed by atoms with Crippen molar-refractivity contribution in [3.05, 3.63) is 34.3 Å².